The summed E-state index contributed by atoms with van der Waals surface area (Å²) in [7, 11) is 0. The minimum Gasteiger partial charge on any atom is -0.398 e. The summed E-state index contributed by atoms with van der Waals surface area (Å²) in [6.45, 7) is 4.14. The number of piperazine rings is 1. The average Bonchev–Trinajstić information content (AvgIpc) is 2.60. The molecule has 2 N–H and O–H groups in total. The van der Waals surface area contributed by atoms with Gasteiger partial charge in [0.05, 0.1) is 5.56 Å². The summed E-state index contributed by atoms with van der Waals surface area (Å²) < 4.78 is 0. The van der Waals surface area contributed by atoms with Crippen LogP contribution in [0, 0.1) is 0 Å². The second-order valence-corrected chi connectivity index (χ2v) is 5.81. The smallest absolute Gasteiger partial charge is 0.256 e. The van der Waals surface area contributed by atoms with Crippen molar-refractivity contribution in [3.05, 3.63) is 42.0 Å². The SMILES string of the molecule is CCC(=O)N1CCN(C(=O)c2cc3ccccc3cc2N)CC1. The van der Waals surface area contributed by atoms with Crippen molar-refractivity contribution in [3.8, 4) is 0 Å². The van der Waals surface area contributed by atoms with Crippen LogP contribution in [0.15, 0.2) is 36.4 Å². The number of fused-ring (bicyclic) bond motifs is 1. The van der Waals surface area contributed by atoms with E-state index in [1.165, 1.54) is 0 Å². The van der Waals surface area contributed by atoms with Crippen molar-refractivity contribution in [1.29, 1.82) is 0 Å². The zero-order chi connectivity index (χ0) is 16.4. The van der Waals surface area contributed by atoms with Crippen LogP contribution in [0.2, 0.25) is 0 Å². The summed E-state index contributed by atoms with van der Waals surface area (Å²) in [5, 5.41) is 2.03. The summed E-state index contributed by atoms with van der Waals surface area (Å²) in [5.74, 6) is 0.0826. The van der Waals surface area contributed by atoms with Gasteiger partial charge in [-0.3, -0.25) is 9.59 Å². The number of rotatable bonds is 2. The summed E-state index contributed by atoms with van der Waals surface area (Å²) in [6.07, 6.45) is 0.506. The van der Waals surface area contributed by atoms with Gasteiger partial charge in [-0.2, -0.15) is 0 Å². The van der Waals surface area contributed by atoms with Crippen molar-refractivity contribution in [3.63, 3.8) is 0 Å². The van der Waals surface area contributed by atoms with Crippen LogP contribution in [0.4, 0.5) is 5.69 Å². The Morgan fingerprint density at radius 2 is 1.57 bits per heavy atom. The van der Waals surface area contributed by atoms with Crippen molar-refractivity contribution in [1.82, 2.24) is 9.80 Å². The molecule has 23 heavy (non-hydrogen) atoms. The van der Waals surface area contributed by atoms with Gasteiger partial charge in [-0.15, -0.1) is 0 Å². The highest BCUT2D eigenvalue weighted by Crippen LogP contribution is 2.23. The van der Waals surface area contributed by atoms with Crippen LogP contribution in [0.25, 0.3) is 10.8 Å². The van der Waals surface area contributed by atoms with Crippen molar-refractivity contribution in [2.24, 2.45) is 0 Å². The molecule has 2 aromatic rings. The number of nitrogens with zero attached hydrogens (tertiary/aromatic N) is 2. The number of benzene rings is 2. The molecule has 0 unspecified atom stereocenters. The van der Waals surface area contributed by atoms with E-state index in [4.69, 9.17) is 5.73 Å². The van der Waals surface area contributed by atoms with Crippen molar-refractivity contribution < 1.29 is 9.59 Å². The molecule has 0 aromatic heterocycles. The van der Waals surface area contributed by atoms with Crippen molar-refractivity contribution in [2.75, 3.05) is 31.9 Å². The highest BCUT2D eigenvalue weighted by atomic mass is 16.2. The second-order valence-electron chi connectivity index (χ2n) is 5.81. The molecule has 120 valence electrons. The number of carbonyl (C=O) groups excluding carboxylic acids is 2. The van der Waals surface area contributed by atoms with Gasteiger partial charge in [0.2, 0.25) is 5.91 Å². The molecule has 0 aliphatic carbocycles. The van der Waals surface area contributed by atoms with Crippen LogP contribution in [-0.2, 0) is 4.79 Å². The number of nitrogen functional groups attached to an aromatic ring is 1. The molecular weight excluding hydrogens is 290 g/mol. The van der Waals surface area contributed by atoms with Gasteiger partial charge >= 0.3 is 0 Å². The number of carbonyl (C=O) groups is 2. The Balaban J connectivity index is 1.79. The van der Waals surface area contributed by atoms with Gasteiger partial charge in [0.15, 0.2) is 0 Å². The van der Waals surface area contributed by atoms with Gasteiger partial charge in [0.25, 0.3) is 5.91 Å². The standard InChI is InChI=1S/C18H21N3O2/c1-2-17(22)20-7-9-21(10-8-20)18(23)15-11-13-5-3-4-6-14(13)12-16(15)19/h3-6,11-12H,2,7-10,19H2,1H3. The second kappa shape index (κ2) is 6.28. The molecule has 1 saturated heterocycles. The first-order chi connectivity index (χ1) is 11.1. The first-order valence-corrected chi connectivity index (χ1v) is 7.95. The van der Waals surface area contributed by atoms with Crippen LogP contribution < -0.4 is 5.73 Å². The Morgan fingerprint density at radius 1 is 1.00 bits per heavy atom. The normalized spacial score (nSPS) is 15.0. The monoisotopic (exact) mass is 311 g/mol. The summed E-state index contributed by atoms with van der Waals surface area (Å²) >= 11 is 0. The lowest BCUT2D eigenvalue weighted by Gasteiger charge is -2.35. The minimum absolute atomic E-state index is 0.0585. The molecule has 0 spiro atoms. The molecule has 5 heteroatoms. The number of hydrogen-bond acceptors (Lipinski definition) is 3. The Morgan fingerprint density at radius 3 is 2.17 bits per heavy atom. The first kappa shape index (κ1) is 15.3. The molecule has 2 amide bonds. The Hall–Kier alpha value is -2.56. The zero-order valence-electron chi connectivity index (χ0n) is 13.3. The zero-order valence-corrected chi connectivity index (χ0v) is 13.3. The molecule has 0 bridgehead atoms. The van der Waals surface area contributed by atoms with E-state index in [9.17, 15) is 9.59 Å². The highest BCUT2D eigenvalue weighted by molar-refractivity contribution is 6.04. The van der Waals surface area contributed by atoms with Crippen LogP contribution in [0.5, 0.6) is 0 Å². The maximum atomic E-state index is 12.8. The topological polar surface area (TPSA) is 66.6 Å². The number of hydrogen-bond donors (Lipinski definition) is 1. The Bertz CT molecular complexity index is 749. The molecule has 0 saturated carbocycles. The number of amides is 2. The van der Waals surface area contributed by atoms with Crippen LogP contribution in [0.3, 0.4) is 0 Å². The van der Waals surface area contributed by atoms with Gasteiger partial charge < -0.3 is 15.5 Å². The van der Waals surface area contributed by atoms with Crippen LogP contribution >= 0.6 is 0 Å². The minimum atomic E-state index is -0.0585. The van der Waals surface area contributed by atoms with Gasteiger partial charge in [0, 0.05) is 38.3 Å². The molecular formula is C18H21N3O2. The van der Waals surface area contributed by atoms with Gasteiger partial charge in [-0.05, 0) is 22.9 Å². The Labute approximate surface area is 135 Å². The third kappa shape index (κ3) is 2.99. The third-order valence-electron chi connectivity index (χ3n) is 4.37. The van der Waals surface area contributed by atoms with E-state index in [1.54, 1.807) is 4.90 Å². The van der Waals surface area contributed by atoms with Crippen molar-refractivity contribution in [2.45, 2.75) is 13.3 Å². The van der Waals surface area contributed by atoms with Gasteiger partial charge in [-0.25, -0.2) is 0 Å². The lowest BCUT2D eigenvalue weighted by Crippen LogP contribution is -2.50. The van der Waals surface area contributed by atoms with E-state index in [0.717, 1.165) is 10.8 Å². The van der Waals surface area contributed by atoms with Crippen LogP contribution in [-0.4, -0.2) is 47.8 Å². The van der Waals surface area contributed by atoms with Crippen molar-refractivity contribution >= 4 is 28.3 Å². The molecule has 2 aromatic carbocycles. The molecule has 3 rings (SSSR count). The molecule has 1 aliphatic rings. The van der Waals surface area contributed by atoms with E-state index in [0.29, 0.717) is 43.9 Å². The third-order valence-corrected chi connectivity index (χ3v) is 4.37. The van der Waals surface area contributed by atoms with E-state index in [2.05, 4.69) is 0 Å². The fourth-order valence-electron chi connectivity index (χ4n) is 3.00. The van der Waals surface area contributed by atoms with Crippen LogP contribution in [0.1, 0.15) is 23.7 Å². The largest absolute Gasteiger partial charge is 0.398 e. The summed E-state index contributed by atoms with van der Waals surface area (Å²) in [6, 6.07) is 11.6. The van der Waals surface area contributed by atoms with Gasteiger partial charge in [0.1, 0.15) is 0 Å². The quantitative estimate of drug-likeness (QED) is 0.864. The molecule has 1 fully saturated rings. The van der Waals surface area contributed by atoms with E-state index >= 15 is 0 Å². The lowest BCUT2D eigenvalue weighted by atomic mass is 10.0. The van der Waals surface area contributed by atoms with E-state index in [1.807, 2.05) is 48.2 Å². The summed E-state index contributed by atoms with van der Waals surface area (Å²) in [5.41, 5.74) is 7.12. The molecule has 1 aliphatic heterocycles. The van der Waals surface area contributed by atoms with Gasteiger partial charge in [-0.1, -0.05) is 31.2 Å². The fraction of sp³-hybridized carbons (Fsp3) is 0.333. The average molecular weight is 311 g/mol. The predicted molar refractivity (Wildman–Crippen MR) is 91.1 cm³/mol. The number of nitrogens with two attached hydrogens (primary N) is 1. The maximum absolute atomic E-state index is 12.8. The molecule has 5 nitrogen and oxygen atoms in total. The molecule has 1 heterocycles. The highest BCUT2D eigenvalue weighted by Gasteiger charge is 2.25. The predicted octanol–water partition coefficient (Wildman–Crippen LogP) is 2.12. The summed E-state index contributed by atoms with van der Waals surface area (Å²) in [4.78, 5) is 28.1. The van der Waals surface area contributed by atoms with E-state index < -0.39 is 0 Å². The molecule has 0 radical (unpaired) electrons. The fourth-order valence-corrected chi connectivity index (χ4v) is 3.00. The molecule has 0 atom stereocenters. The lowest BCUT2D eigenvalue weighted by molar-refractivity contribution is -0.132. The number of anilines is 1. The Kier molecular flexibility index (Phi) is 4.19. The first-order valence-electron chi connectivity index (χ1n) is 7.95. The van der Waals surface area contributed by atoms with E-state index in [-0.39, 0.29) is 11.8 Å². The maximum Gasteiger partial charge on any atom is 0.256 e.